The third kappa shape index (κ3) is 5.21. The van der Waals surface area contributed by atoms with E-state index >= 15 is 0 Å². The molecule has 1 atom stereocenters. The van der Waals surface area contributed by atoms with Crippen molar-refractivity contribution in [2.45, 2.75) is 38.5 Å². The van der Waals surface area contributed by atoms with E-state index in [0.717, 1.165) is 22.4 Å². The number of hydrogen-bond donors (Lipinski definition) is 1. The van der Waals surface area contributed by atoms with Gasteiger partial charge in [0.2, 0.25) is 15.9 Å². The lowest BCUT2D eigenvalue weighted by Gasteiger charge is -2.31. The summed E-state index contributed by atoms with van der Waals surface area (Å²) in [6, 6.07) is 15.0. The summed E-state index contributed by atoms with van der Waals surface area (Å²) >= 11 is 0. The number of para-hydroxylation sites is 1. The Morgan fingerprint density at radius 2 is 1.77 bits per heavy atom. The number of nitrogens with zero attached hydrogens (tertiary/aromatic N) is 1. The van der Waals surface area contributed by atoms with Gasteiger partial charge in [-0.3, -0.25) is 4.79 Å². The second kappa shape index (κ2) is 9.62. The molecule has 1 heterocycles. The van der Waals surface area contributed by atoms with Gasteiger partial charge in [-0.2, -0.15) is 0 Å². The Kier molecular flexibility index (Phi) is 7.15. The van der Waals surface area contributed by atoms with Crippen molar-refractivity contribution in [3.63, 3.8) is 0 Å². The Hall–Kier alpha value is -2.38. The van der Waals surface area contributed by atoms with Crippen molar-refractivity contribution in [1.29, 1.82) is 0 Å². The molecule has 0 bridgehead atoms. The maximum Gasteiger partial charge on any atom is 0.223 e. The molecule has 1 fully saturated rings. The monoisotopic (exact) mass is 430 g/mol. The van der Waals surface area contributed by atoms with Crippen LogP contribution in [0.1, 0.15) is 42.5 Å². The fourth-order valence-electron chi connectivity index (χ4n) is 3.89. The topological polar surface area (TPSA) is 75.7 Å². The van der Waals surface area contributed by atoms with Gasteiger partial charge in [-0.15, -0.1) is 0 Å². The number of carbonyl (C=O) groups excluding carboxylic acids is 1. The normalized spacial score (nSPS) is 16.8. The van der Waals surface area contributed by atoms with E-state index < -0.39 is 10.0 Å². The van der Waals surface area contributed by atoms with Gasteiger partial charge in [0.25, 0.3) is 0 Å². The summed E-state index contributed by atoms with van der Waals surface area (Å²) in [5.74, 6) is 0.514. The zero-order chi connectivity index (χ0) is 21.7. The smallest absolute Gasteiger partial charge is 0.223 e. The van der Waals surface area contributed by atoms with Gasteiger partial charge in [-0.05, 0) is 43.9 Å². The molecule has 1 amide bonds. The summed E-state index contributed by atoms with van der Waals surface area (Å²) in [4.78, 5) is 12.8. The number of sulfonamides is 1. The van der Waals surface area contributed by atoms with Crippen LogP contribution in [-0.2, 0) is 20.6 Å². The van der Waals surface area contributed by atoms with Crippen LogP contribution in [0.25, 0.3) is 0 Å². The quantitative estimate of drug-likeness (QED) is 0.730. The molecule has 0 radical (unpaired) electrons. The first kappa shape index (κ1) is 22.3. The lowest BCUT2D eigenvalue weighted by atomic mass is 9.96. The molecule has 6 nitrogen and oxygen atoms in total. The van der Waals surface area contributed by atoms with Crippen LogP contribution < -0.4 is 10.1 Å². The van der Waals surface area contributed by atoms with Crippen LogP contribution in [0.3, 0.4) is 0 Å². The number of amides is 1. The minimum atomic E-state index is -3.40. The van der Waals surface area contributed by atoms with Crippen LogP contribution in [0.2, 0.25) is 0 Å². The molecule has 0 aliphatic carbocycles. The molecule has 0 spiro atoms. The van der Waals surface area contributed by atoms with Crippen molar-refractivity contribution < 1.29 is 17.9 Å². The van der Waals surface area contributed by atoms with Crippen molar-refractivity contribution in [1.82, 2.24) is 9.62 Å². The number of nitrogens with one attached hydrogen (secondary N) is 1. The lowest BCUT2D eigenvalue weighted by Crippen LogP contribution is -2.43. The van der Waals surface area contributed by atoms with E-state index in [9.17, 15) is 13.2 Å². The predicted molar refractivity (Wildman–Crippen MR) is 118 cm³/mol. The Morgan fingerprint density at radius 1 is 1.13 bits per heavy atom. The first-order valence-corrected chi connectivity index (χ1v) is 11.9. The SMILES string of the molecule is COc1ccccc1C(C)NC(=O)C1CCN(S(=O)(=O)Cc2ccccc2C)CC1. The molecule has 0 aromatic heterocycles. The maximum absolute atomic E-state index is 12.8. The highest BCUT2D eigenvalue weighted by molar-refractivity contribution is 7.88. The minimum Gasteiger partial charge on any atom is -0.496 e. The van der Waals surface area contributed by atoms with E-state index in [1.165, 1.54) is 4.31 Å². The average molecular weight is 431 g/mol. The van der Waals surface area contributed by atoms with Crippen molar-refractivity contribution >= 4 is 15.9 Å². The number of carbonyl (C=O) groups is 1. The van der Waals surface area contributed by atoms with E-state index in [2.05, 4.69) is 5.32 Å². The van der Waals surface area contributed by atoms with Crippen molar-refractivity contribution in [2.75, 3.05) is 20.2 Å². The molecule has 2 aromatic rings. The summed E-state index contributed by atoms with van der Waals surface area (Å²) in [6.07, 6.45) is 1.05. The largest absolute Gasteiger partial charge is 0.496 e. The molecule has 3 rings (SSSR count). The van der Waals surface area contributed by atoms with Crippen LogP contribution in [0.4, 0.5) is 0 Å². The van der Waals surface area contributed by atoms with E-state index in [1.54, 1.807) is 7.11 Å². The number of aryl methyl sites for hydroxylation is 1. The molecule has 1 N–H and O–H groups in total. The number of ether oxygens (including phenoxy) is 1. The summed E-state index contributed by atoms with van der Waals surface area (Å²) in [5.41, 5.74) is 2.72. The molecule has 1 aliphatic rings. The van der Waals surface area contributed by atoms with Gasteiger partial charge >= 0.3 is 0 Å². The van der Waals surface area contributed by atoms with E-state index in [-0.39, 0.29) is 23.6 Å². The number of methoxy groups -OCH3 is 1. The summed E-state index contributed by atoms with van der Waals surface area (Å²) in [6.45, 7) is 4.59. The Labute approximate surface area is 179 Å². The van der Waals surface area contributed by atoms with Gasteiger partial charge in [-0.25, -0.2) is 12.7 Å². The van der Waals surface area contributed by atoms with Gasteiger partial charge in [0.1, 0.15) is 5.75 Å². The average Bonchev–Trinajstić information content (AvgIpc) is 2.75. The van der Waals surface area contributed by atoms with E-state index in [1.807, 2.05) is 62.4 Å². The van der Waals surface area contributed by atoms with Crippen LogP contribution in [-0.4, -0.2) is 38.8 Å². The Bertz CT molecular complexity index is 982. The highest BCUT2D eigenvalue weighted by atomic mass is 32.2. The molecule has 30 heavy (non-hydrogen) atoms. The highest BCUT2D eigenvalue weighted by Crippen LogP contribution is 2.27. The van der Waals surface area contributed by atoms with Gasteiger partial charge in [-0.1, -0.05) is 42.5 Å². The molecule has 7 heteroatoms. The van der Waals surface area contributed by atoms with Gasteiger partial charge < -0.3 is 10.1 Å². The van der Waals surface area contributed by atoms with Crippen molar-refractivity contribution in [3.8, 4) is 5.75 Å². The fraction of sp³-hybridized carbons (Fsp3) is 0.435. The number of piperidine rings is 1. The number of rotatable bonds is 7. The third-order valence-electron chi connectivity index (χ3n) is 5.78. The van der Waals surface area contributed by atoms with Crippen molar-refractivity contribution in [2.24, 2.45) is 5.92 Å². The van der Waals surface area contributed by atoms with Crippen LogP contribution in [0.5, 0.6) is 5.75 Å². The fourth-order valence-corrected chi connectivity index (χ4v) is 5.56. The Balaban J connectivity index is 1.57. The summed E-state index contributed by atoms with van der Waals surface area (Å²) < 4.78 is 32.6. The summed E-state index contributed by atoms with van der Waals surface area (Å²) in [7, 11) is -1.79. The van der Waals surface area contributed by atoms with Crippen molar-refractivity contribution in [3.05, 3.63) is 65.2 Å². The molecule has 2 aromatic carbocycles. The van der Waals surface area contributed by atoms with Gasteiger partial charge in [0, 0.05) is 24.6 Å². The lowest BCUT2D eigenvalue weighted by molar-refractivity contribution is -0.126. The maximum atomic E-state index is 12.8. The molecule has 1 unspecified atom stereocenters. The van der Waals surface area contributed by atoms with E-state index in [0.29, 0.717) is 25.9 Å². The molecule has 162 valence electrons. The number of hydrogen-bond acceptors (Lipinski definition) is 4. The zero-order valence-electron chi connectivity index (χ0n) is 17.8. The first-order valence-electron chi connectivity index (χ1n) is 10.3. The molecule has 1 aliphatic heterocycles. The molecular weight excluding hydrogens is 400 g/mol. The van der Waals surface area contributed by atoms with Crippen LogP contribution >= 0.6 is 0 Å². The predicted octanol–water partition coefficient (Wildman–Crippen LogP) is 3.42. The zero-order valence-corrected chi connectivity index (χ0v) is 18.6. The Morgan fingerprint density at radius 3 is 2.43 bits per heavy atom. The standard InChI is InChI=1S/C23H30N2O4S/c1-17-8-4-5-9-20(17)16-30(27,28)25-14-12-19(13-15-25)23(26)24-18(2)21-10-6-7-11-22(21)29-3/h4-11,18-19H,12-16H2,1-3H3,(H,24,26). The first-order chi connectivity index (χ1) is 14.3. The van der Waals surface area contributed by atoms with Crippen LogP contribution in [0, 0.1) is 12.8 Å². The number of benzene rings is 2. The summed E-state index contributed by atoms with van der Waals surface area (Å²) in [5, 5.41) is 3.05. The van der Waals surface area contributed by atoms with Gasteiger partial charge in [0.05, 0.1) is 18.9 Å². The third-order valence-corrected chi connectivity index (χ3v) is 7.61. The molecule has 0 saturated carbocycles. The van der Waals surface area contributed by atoms with Gasteiger partial charge in [0.15, 0.2) is 0 Å². The second-order valence-electron chi connectivity index (χ2n) is 7.83. The molecule has 1 saturated heterocycles. The minimum absolute atomic E-state index is 0.00136. The molecular formula is C23H30N2O4S. The van der Waals surface area contributed by atoms with E-state index in [4.69, 9.17) is 4.74 Å². The highest BCUT2D eigenvalue weighted by Gasteiger charge is 2.32. The second-order valence-corrected chi connectivity index (χ2v) is 9.80. The van der Waals surface area contributed by atoms with Crippen LogP contribution in [0.15, 0.2) is 48.5 Å².